The Balaban J connectivity index is 2.35. The molecule has 1 fully saturated rings. The Bertz CT molecular complexity index is 591. The summed E-state index contributed by atoms with van der Waals surface area (Å²) in [4.78, 5) is 18.8. The number of rotatable bonds is 3. The molecule has 0 aliphatic carbocycles. The summed E-state index contributed by atoms with van der Waals surface area (Å²) in [6, 6.07) is -1.02. The summed E-state index contributed by atoms with van der Waals surface area (Å²) in [6.07, 6.45) is 2.18. The number of hydrogen-bond acceptors (Lipinski definition) is 7. The zero-order chi connectivity index (χ0) is 14.8. The molecule has 0 bridgehead atoms. The molecule has 0 aromatic carbocycles. The molecule has 8 nitrogen and oxygen atoms in total. The second-order valence-corrected chi connectivity index (χ2v) is 6.15. The first-order valence-electron chi connectivity index (χ1n) is 5.62. The summed E-state index contributed by atoms with van der Waals surface area (Å²) in [5, 5.41) is -0.0598. The van der Waals surface area contributed by atoms with Crippen molar-refractivity contribution in [3.05, 3.63) is 17.7 Å². The van der Waals surface area contributed by atoms with Gasteiger partial charge in [0.2, 0.25) is 15.3 Å². The van der Waals surface area contributed by atoms with E-state index < -0.39 is 22.0 Å². The Morgan fingerprint density at radius 3 is 2.75 bits per heavy atom. The highest BCUT2D eigenvalue weighted by molar-refractivity contribution is 7.89. The normalized spacial score (nSPS) is 20.6. The fraction of sp³-hybridized carbons (Fsp3) is 0.500. The molecule has 1 aliphatic heterocycles. The fourth-order valence-corrected chi connectivity index (χ4v) is 3.30. The Labute approximate surface area is 120 Å². The Morgan fingerprint density at radius 2 is 2.15 bits per heavy atom. The lowest BCUT2D eigenvalue weighted by Crippen LogP contribution is -2.52. The van der Waals surface area contributed by atoms with Gasteiger partial charge in [0.25, 0.3) is 0 Å². The van der Waals surface area contributed by atoms with Crippen LogP contribution in [0.25, 0.3) is 0 Å². The van der Waals surface area contributed by atoms with Gasteiger partial charge in [0.1, 0.15) is 10.9 Å². The predicted molar refractivity (Wildman–Crippen MR) is 67.6 cm³/mol. The van der Waals surface area contributed by atoms with Crippen molar-refractivity contribution in [3.8, 4) is 0 Å². The second kappa shape index (κ2) is 6.00. The van der Waals surface area contributed by atoms with Gasteiger partial charge in [-0.15, -0.1) is 0 Å². The topological polar surface area (TPSA) is 98.7 Å². The van der Waals surface area contributed by atoms with Crippen molar-refractivity contribution in [2.45, 2.75) is 10.9 Å². The number of hydrogen-bond donors (Lipinski definition) is 0. The number of carbonyl (C=O) groups is 1. The molecular weight excluding hydrogens is 310 g/mol. The zero-order valence-corrected chi connectivity index (χ0v) is 12.1. The van der Waals surface area contributed by atoms with Crippen LogP contribution in [0.1, 0.15) is 0 Å². The molecule has 2 rings (SSSR count). The van der Waals surface area contributed by atoms with Gasteiger partial charge in [0, 0.05) is 6.54 Å². The van der Waals surface area contributed by atoms with Crippen LogP contribution >= 0.6 is 11.6 Å². The standard InChI is InChI=1S/C10H12ClN3O5S/c1-18-9(15)8-6-19-3-2-14(8)20(16,17)7-4-12-10(11)13-5-7/h4-5,8H,2-3,6H2,1H3. The van der Waals surface area contributed by atoms with Crippen molar-refractivity contribution in [3.63, 3.8) is 0 Å². The molecule has 1 atom stereocenters. The van der Waals surface area contributed by atoms with Crippen LogP contribution in [0.5, 0.6) is 0 Å². The summed E-state index contributed by atoms with van der Waals surface area (Å²) in [5.41, 5.74) is 0. The van der Waals surface area contributed by atoms with E-state index in [1.54, 1.807) is 0 Å². The van der Waals surface area contributed by atoms with Gasteiger partial charge in [0.15, 0.2) is 0 Å². The van der Waals surface area contributed by atoms with Gasteiger partial charge >= 0.3 is 5.97 Å². The average Bonchev–Trinajstić information content (AvgIpc) is 2.47. The molecule has 0 saturated carbocycles. The van der Waals surface area contributed by atoms with Crippen LogP contribution < -0.4 is 0 Å². The molecule has 0 spiro atoms. The highest BCUT2D eigenvalue weighted by atomic mass is 35.5. The Hall–Kier alpha value is -1.29. The number of ether oxygens (including phenoxy) is 2. The quantitative estimate of drug-likeness (QED) is 0.556. The zero-order valence-electron chi connectivity index (χ0n) is 10.5. The highest BCUT2D eigenvalue weighted by Gasteiger charge is 2.39. The summed E-state index contributed by atoms with van der Waals surface area (Å²) in [6.45, 7) is 0.187. The number of methoxy groups -OCH3 is 1. The molecule has 1 unspecified atom stereocenters. The monoisotopic (exact) mass is 321 g/mol. The van der Waals surface area contributed by atoms with E-state index in [1.807, 2.05) is 0 Å². The number of halogens is 1. The molecular formula is C10H12ClN3O5S. The van der Waals surface area contributed by atoms with Gasteiger partial charge in [0.05, 0.1) is 32.7 Å². The van der Waals surface area contributed by atoms with Crippen LogP contribution in [-0.2, 0) is 24.3 Å². The number of carbonyl (C=O) groups excluding carboxylic acids is 1. The average molecular weight is 322 g/mol. The van der Waals surface area contributed by atoms with Crippen LogP contribution in [0.2, 0.25) is 5.28 Å². The van der Waals surface area contributed by atoms with Crippen LogP contribution in [0.15, 0.2) is 17.3 Å². The summed E-state index contributed by atoms with van der Waals surface area (Å²) >= 11 is 5.52. The number of sulfonamides is 1. The third-order valence-corrected chi connectivity index (χ3v) is 4.81. The molecule has 20 heavy (non-hydrogen) atoms. The van der Waals surface area contributed by atoms with Crippen molar-refractivity contribution in [1.82, 2.24) is 14.3 Å². The summed E-state index contributed by atoms with van der Waals surface area (Å²) < 4.78 is 35.7. The molecule has 1 aliphatic rings. The minimum Gasteiger partial charge on any atom is -0.468 e. The maximum Gasteiger partial charge on any atom is 0.326 e. The summed E-state index contributed by atoms with van der Waals surface area (Å²) in [7, 11) is -2.73. The first-order valence-corrected chi connectivity index (χ1v) is 7.43. The minimum atomic E-state index is -3.91. The van der Waals surface area contributed by atoms with E-state index in [0.29, 0.717) is 0 Å². The summed E-state index contributed by atoms with van der Waals surface area (Å²) in [5.74, 6) is -0.678. The number of morpholine rings is 1. The minimum absolute atomic E-state index is 0.0464. The van der Waals surface area contributed by atoms with E-state index >= 15 is 0 Å². The van der Waals surface area contributed by atoms with Gasteiger partial charge < -0.3 is 9.47 Å². The van der Waals surface area contributed by atoms with E-state index in [2.05, 4.69) is 14.7 Å². The lowest BCUT2D eigenvalue weighted by molar-refractivity contribution is -0.149. The molecule has 1 saturated heterocycles. The fourth-order valence-electron chi connectivity index (χ4n) is 1.77. The van der Waals surface area contributed by atoms with E-state index in [4.69, 9.17) is 16.3 Å². The van der Waals surface area contributed by atoms with Gasteiger partial charge in [-0.05, 0) is 11.6 Å². The Kier molecular flexibility index (Phi) is 4.53. The van der Waals surface area contributed by atoms with Crippen molar-refractivity contribution in [1.29, 1.82) is 0 Å². The van der Waals surface area contributed by atoms with Crippen molar-refractivity contribution < 1.29 is 22.7 Å². The molecule has 2 heterocycles. The largest absolute Gasteiger partial charge is 0.468 e. The molecule has 110 valence electrons. The SMILES string of the molecule is COC(=O)C1COCCN1S(=O)(=O)c1cnc(Cl)nc1. The first-order chi connectivity index (χ1) is 9.46. The third-order valence-electron chi connectivity index (χ3n) is 2.76. The third kappa shape index (κ3) is 2.90. The second-order valence-electron chi connectivity index (χ2n) is 3.92. The van der Waals surface area contributed by atoms with Crippen molar-refractivity contribution in [2.75, 3.05) is 26.9 Å². The molecule has 10 heteroatoms. The number of aromatic nitrogens is 2. The Morgan fingerprint density at radius 1 is 1.50 bits per heavy atom. The molecule has 0 N–H and O–H groups in total. The molecule has 0 amide bonds. The van der Waals surface area contributed by atoms with Gasteiger partial charge in [-0.1, -0.05) is 0 Å². The maximum atomic E-state index is 12.5. The highest BCUT2D eigenvalue weighted by Crippen LogP contribution is 2.20. The van der Waals surface area contributed by atoms with Gasteiger partial charge in [-0.2, -0.15) is 4.31 Å². The van der Waals surface area contributed by atoms with Crippen LogP contribution in [0, 0.1) is 0 Å². The van der Waals surface area contributed by atoms with E-state index in [9.17, 15) is 13.2 Å². The smallest absolute Gasteiger partial charge is 0.326 e. The van der Waals surface area contributed by atoms with E-state index in [-0.39, 0.29) is 29.9 Å². The lowest BCUT2D eigenvalue weighted by Gasteiger charge is -2.32. The van der Waals surface area contributed by atoms with E-state index in [1.165, 1.54) is 7.11 Å². The molecule has 0 radical (unpaired) electrons. The van der Waals surface area contributed by atoms with Gasteiger partial charge in [-0.25, -0.2) is 18.4 Å². The number of nitrogens with zero attached hydrogens (tertiary/aromatic N) is 3. The first kappa shape index (κ1) is 15.1. The van der Waals surface area contributed by atoms with Crippen molar-refractivity contribution >= 4 is 27.6 Å². The van der Waals surface area contributed by atoms with Crippen LogP contribution in [0.3, 0.4) is 0 Å². The van der Waals surface area contributed by atoms with Crippen LogP contribution in [0.4, 0.5) is 0 Å². The van der Waals surface area contributed by atoms with E-state index in [0.717, 1.165) is 16.7 Å². The predicted octanol–water partition coefficient (Wildman–Crippen LogP) is -0.308. The number of esters is 1. The molecule has 1 aromatic rings. The maximum absolute atomic E-state index is 12.5. The lowest BCUT2D eigenvalue weighted by atomic mass is 10.3. The van der Waals surface area contributed by atoms with Gasteiger partial charge in [-0.3, -0.25) is 4.79 Å². The van der Waals surface area contributed by atoms with Crippen LogP contribution in [-0.4, -0.2) is 61.6 Å². The van der Waals surface area contributed by atoms with Crippen molar-refractivity contribution in [2.24, 2.45) is 0 Å². The molecule has 1 aromatic heterocycles.